The third kappa shape index (κ3) is 6.36. The first-order valence-corrected chi connectivity index (χ1v) is 5.33. The molecule has 0 saturated heterocycles. The largest absolute Gasteiger partial charge is 0.383 e. The van der Waals surface area contributed by atoms with Gasteiger partial charge < -0.3 is 20.3 Å². The first-order valence-electron chi connectivity index (χ1n) is 5.33. The monoisotopic (exact) mass is 231 g/mol. The van der Waals surface area contributed by atoms with Gasteiger partial charge >= 0.3 is 0 Å². The zero-order valence-electron chi connectivity index (χ0n) is 10.2. The summed E-state index contributed by atoms with van der Waals surface area (Å²) in [6.45, 7) is 3.90. The number of likely N-dealkylation sites (N-methyl/N-ethyl adjacent to an activating group) is 2. The zero-order valence-corrected chi connectivity index (χ0v) is 10.2. The average Bonchev–Trinajstić information content (AvgIpc) is 2.30. The van der Waals surface area contributed by atoms with E-state index in [-0.39, 0.29) is 24.9 Å². The molecule has 6 nitrogen and oxygen atoms in total. The molecule has 0 fully saturated rings. The highest BCUT2D eigenvalue weighted by molar-refractivity contribution is 5.85. The Bertz CT molecular complexity index is 221. The number of hydrogen-bond donors (Lipinski definition) is 2. The molecule has 0 aromatic rings. The molecule has 6 heteroatoms. The van der Waals surface area contributed by atoms with Gasteiger partial charge in [-0.05, 0) is 6.92 Å². The van der Waals surface area contributed by atoms with Crippen LogP contribution < -0.4 is 10.6 Å². The molecule has 16 heavy (non-hydrogen) atoms. The minimum atomic E-state index is -0.160. The van der Waals surface area contributed by atoms with Crippen LogP contribution in [0.4, 0.5) is 0 Å². The van der Waals surface area contributed by atoms with Gasteiger partial charge in [-0.3, -0.25) is 9.59 Å². The summed E-state index contributed by atoms with van der Waals surface area (Å²) in [7, 11) is 3.16. The third-order valence-corrected chi connectivity index (χ3v) is 2.11. The number of carbonyl (C=O) groups excluding carboxylic acids is 2. The molecule has 0 atom stereocenters. The van der Waals surface area contributed by atoms with Crippen molar-refractivity contribution in [3.63, 3.8) is 0 Å². The van der Waals surface area contributed by atoms with E-state index in [0.29, 0.717) is 19.7 Å². The van der Waals surface area contributed by atoms with Crippen molar-refractivity contribution < 1.29 is 14.3 Å². The fraction of sp³-hybridized carbons (Fsp3) is 0.800. The fourth-order valence-electron chi connectivity index (χ4n) is 1.11. The number of rotatable bonds is 8. The second kappa shape index (κ2) is 9.11. The van der Waals surface area contributed by atoms with Crippen molar-refractivity contribution in [2.75, 3.05) is 46.9 Å². The lowest BCUT2D eigenvalue weighted by Crippen LogP contribution is -2.43. The van der Waals surface area contributed by atoms with Gasteiger partial charge in [0.25, 0.3) is 0 Å². The Balaban J connectivity index is 3.87. The van der Waals surface area contributed by atoms with Crippen molar-refractivity contribution in [1.82, 2.24) is 15.5 Å². The maximum absolute atomic E-state index is 11.6. The zero-order chi connectivity index (χ0) is 12.4. The van der Waals surface area contributed by atoms with Crippen LogP contribution in [0, 0.1) is 0 Å². The van der Waals surface area contributed by atoms with Crippen LogP contribution in [0.5, 0.6) is 0 Å². The lowest BCUT2D eigenvalue weighted by Gasteiger charge is -2.20. The number of nitrogens with zero attached hydrogens (tertiary/aromatic N) is 1. The molecule has 2 amide bonds. The fourth-order valence-corrected chi connectivity index (χ4v) is 1.11. The van der Waals surface area contributed by atoms with E-state index in [1.807, 2.05) is 6.92 Å². The van der Waals surface area contributed by atoms with Gasteiger partial charge in [0.15, 0.2) is 0 Å². The normalized spacial score (nSPS) is 9.94. The van der Waals surface area contributed by atoms with Gasteiger partial charge in [0.05, 0.1) is 19.7 Å². The van der Waals surface area contributed by atoms with Crippen LogP contribution in [0.2, 0.25) is 0 Å². The molecule has 2 N–H and O–H groups in total. The second-order valence-electron chi connectivity index (χ2n) is 3.25. The van der Waals surface area contributed by atoms with E-state index in [1.54, 1.807) is 14.2 Å². The van der Waals surface area contributed by atoms with Crippen molar-refractivity contribution in [3.8, 4) is 0 Å². The van der Waals surface area contributed by atoms with Crippen molar-refractivity contribution in [2.45, 2.75) is 6.92 Å². The molecule has 0 aliphatic carbocycles. The van der Waals surface area contributed by atoms with Gasteiger partial charge in [-0.25, -0.2) is 0 Å². The molecule has 0 aliphatic heterocycles. The second-order valence-corrected chi connectivity index (χ2v) is 3.25. The minimum Gasteiger partial charge on any atom is -0.383 e. The van der Waals surface area contributed by atoms with E-state index in [4.69, 9.17) is 4.74 Å². The summed E-state index contributed by atoms with van der Waals surface area (Å²) < 4.78 is 4.84. The first-order chi connectivity index (χ1) is 7.65. The number of methoxy groups -OCH3 is 1. The summed E-state index contributed by atoms with van der Waals surface area (Å²) in [5, 5.41) is 5.43. The topological polar surface area (TPSA) is 70.7 Å². The highest BCUT2D eigenvalue weighted by atomic mass is 16.5. The molecule has 0 aromatic heterocycles. The van der Waals surface area contributed by atoms with E-state index >= 15 is 0 Å². The summed E-state index contributed by atoms with van der Waals surface area (Å²) in [6, 6.07) is 0. The quantitative estimate of drug-likeness (QED) is 0.516. The molecule has 0 saturated carbocycles. The Morgan fingerprint density at radius 3 is 2.56 bits per heavy atom. The van der Waals surface area contributed by atoms with E-state index in [9.17, 15) is 9.59 Å². The number of nitrogens with one attached hydrogen (secondary N) is 2. The maximum atomic E-state index is 11.6. The Morgan fingerprint density at radius 2 is 2.06 bits per heavy atom. The molecule has 0 rings (SSSR count). The van der Waals surface area contributed by atoms with Crippen LogP contribution in [0.25, 0.3) is 0 Å². The standard InChI is InChI=1S/C10H21N3O3/c1-4-13(8-9(14)11-2)10(15)7-12-5-6-16-3/h12H,4-8H2,1-3H3,(H,11,14). The van der Waals surface area contributed by atoms with E-state index in [1.165, 1.54) is 4.90 Å². The van der Waals surface area contributed by atoms with Crippen LogP contribution in [-0.2, 0) is 14.3 Å². The molecule has 94 valence electrons. The third-order valence-electron chi connectivity index (χ3n) is 2.11. The number of ether oxygens (including phenoxy) is 1. The molecule has 0 bridgehead atoms. The molecule has 0 heterocycles. The lowest BCUT2D eigenvalue weighted by molar-refractivity contribution is -0.135. The van der Waals surface area contributed by atoms with Crippen molar-refractivity contribution in [3.05, 3.63) is 0 Å². The molecule has 0 unspecified atom stereocenters. The minimum absolute atomic E-state index is 0.0813. The van der Waals surface area contributed by atoms with E-state index in [2.05, 4.69) is 10.6 Å². The van der Waals surface area contributed by atoms with Crippen molar-refractivity contribution >= 4 is 11.8 Å². The van der Waals surface area contributed by atoms with E-state index in [0.717, 1.165) is 0 Å². The van der Waals surface area contributed by atoms with Gasteiger partial charge in [-0.15, -0.1) is 0 Å². The molecule has 0 radical (unpaired) electrons. The smallest absolute Gasteiger partial charge is 0.239 e. The van der Waals surface area contributed by atoms with E-state index < -0.39 is 0 Å². The number of hydrogen-bond acceptors (Lipinski definition) is 4. The van der Waals surface area contributed by atoms with Crippen LogP contribution in [0.15, 0.2) is 0 Å². The van der Waals surface area contributed by atoms with Crippen LogP contribution in [0.1, 0.15) is 6.92 Å². The van der Waals surface area contributed by atoms with Gasteiger partial charge in [0.2, 0.25) is 11.8 Å². The van der Waals surface area contributed by atoms with Gasteiger partial charge in [0.1, 0.15) is 0 Å². The van der Waals surface area contributed by atoms with Crippen molar-refractivity contribution in [1.29, 1.82) is 0 Å². The van der Waals surface area contributed by atoms with Gasteiger partial charge in [-0.1, -0.05) is 0 Å². The summed E-state index contributed by atoms with van der Waals surface area (Å²) >= 11 is 0. The van der Waals surface area contributed by atoms with Crippen LogP contribution >= 0.6 is 0 Å². The Hall–Kier alpha value is -1.14. The van der Waals surface area contributed by atoms with Gasteiger partial charge in [-0.2, -0.15) is 0 Å². The first kappa shape index (κ1) is 14.9. The SMILES string of the molecule is CCN(CC(=O)NC)C(=O)CNCCOC. The molecule has 0 aliphatic rings. The average molecular weight is 231 g/mol. The molecule has 0 aromatic carbocycles. The number of amides is 2. The highest BCUT2D eigenvalue weighted by Gasteiger charge is 2.13. The number of carbonyl (C=O) groups is 2. The van der Waals surface area contributed by atoms with Crippen LogP contribution in [-0.4, -0.2) is 63.7 Å². The predicted octanol–water partition coefficient (Wildman–Crippen LogP) is -1.18. The molecular formula is C10H21N3O3. The summed E-state index contributed by atoms with van der Waals surface area (Å²) in [5.41, 5.74) is 0. The maximum Gasteiger partial charge on any atom is 0.239 e. The van der Waals surface area contributed by atoms with Crippen LogP contribution in [0.3, 0.4) is 0 Å². The predicted molar refractivity (Wildman–Crippen MR) is 61.1 cm³/mol. The Kier molecular flexibility index (Phi) is 8.46. The van der Waals surface area contributed by atoms with Crippen molar-refractivity contribution in [2.24, 2.45) is 0 Å². The summed E-state index contributed by atoms with van der Waals surface area (Å²) in [5.74, 6) is -0.241. The molecule has 0 spiro atoms. The van der Waals surface area contributed by atoms with Gasteiger partial charge in [0, 0.05) is 27.2 Å². The summed E-state index contributed by atoms with van der Waals surface area (Å²) in [6.07, 6.45) is 0. The highest BCUT2D eigenvalue weighted by Crippen LogP contribution is 1.88. The molecular weight excluding hydrogens is 210 g/mol. The Labute approximate surface area is 96.3 Å². The Morgan fingerprint density at radius 1 is 1.38 bits per heavy atom. The lowest BCUT2D eigenvalue weighted by atomic mass is 10.4. The summed E-state index contributed by atoms with van der Waals surface area (Å²) in [4.78, 5) is 24.2.